The second kappa shape index (κ2) is 40.9. The van der Waals surface area contributed by atoms with Crippen LogP contribution in [-0.2, 0) is 33.9 Å². The van der Waals surface area contributed by atoms with Gasteiger partial charge in [0.25, 0.3) is 11.6 Å². The van der Waals surface area contributed by atoms with Gasteiger partial charge in [-0.3, -0.25) is 20.7 Å². The molecule has 12 atom stereocenters. The molecule has 0 bridgehead atoms. The van der Waals surface area contributed by atoms with Crippen LogP contribution in [0.2, 0.25) is 0 Å². The van der Waals surface area contributed by atoms with Crippen LogP contribution in [0.1, 0.15) is 96.7 Å². The number of nitrogens with zero attached hydrogens (tertiary/aromatic N) is 23. The number of H-pyrrole nitrogens is 4. The van der Waals surface area contributed by atoms with E-state index in [1.54, 1.807) is 49.6 Å². The van der Waals surface area contributed by atoms with Crippen LogP contribution in [0.3, 0.4) is 0 Å². The van der Waals surface area contributed by atoms with E-state index in [2.05, 4.69) is 182 Å². The minimum Gasteiger partial charge on any atom is -0.463 e. The number of hydrogen-bond acceptors (Lipinski definition) is 36. The number of urea groups is 3. The predicted molar refractivity (Wildman–Crippen MR) is 488 cm³/mol. The Bertz CT molecular complexity index is 5810. The summed E-state index contributed by atoms with van der Waals surface area (Å²) in [6, 6.07) is 18.1. The van der Waals surface area contributed by atoms with Crippen LogP contribution in [0.5, 0.6) is 5.75 Å². The Morgan fingerprint density at radius 1 is 0.426 bits per heavy atom. The van der Waals surface area contributed by atoms with Crippen LogP contribution >= 0.6 is 58.5 Å². The number of carbonyl (C=O) groups excluding carboxylic acids is 6. The van der Waals surface area contributed by atoms with Gasteiger partial charge in [-0.1, -0.05) is 25.6 Å². The Balaban J connectivity index is 0.000000125. The van der Waals surface area contributed by atoms with E-state index >= 15 is 0 Å². The molecule has 10 N–H and O–H groups in total. The maximum atomic E-state index is 12.7. The molecular weight excluding hydrogens is 1760 g/mol. The summed E-state index contributed by atoms with van der Waals surface area (Å²) in [5.41, 5.74) is 3.47. The number of fused-ring (bicyclic) bond motifs is 8. The molecule has 47 heteroatoms. The summed E-state index contributed by atoms with van der Waals surface area (Å²) < 4.78 is 29.8. The van der Waals surface area contributed by atoms with Crippen LogP contribution in [-0.4, -0.2) is 277 Å². The van der Waals surface area contributed by atoms with Crippen molar-refractivity contribution in [2.45, 2.75) is 103 Å². The summed E-state index contributed by atoms with van der Waals surface area (Å²) in [6.07, 6.45) is 22.7. The molecule has 4 unspecified atom stereocenters. The molecule has 16 heterocycles. The third-order valence-electron chi connectivity index (χ3n) is 25.3. The summed E-state index contributed by atoms with van der Waals surface area (Å²) in [5.74, 6) is 7.76. The zero-order valence-electron chi connectivity index (χ0n) is 70.6. The Hall–Kier alpha value is -12.5. The van der Waals surface area contributed by atoms with Crippen LogP contribution < -0.4 is 45.6 Å². The minimum atomic E-state index is -0.626. The number of esters is 3. The van der Waals surface area contributed by atoms with Gasteiger partial charge in [0.2, 0.25) is 15.4 Å². The lowest BCUT2D eigenvalue weighted by Gasteiger charge is -2.27. The summed E-state index contributed by atoms with van der Waals surface area (Å²) in [7, 11) is 11.0. The number of ether oxygens (including phenoxy) is 3. The number of anilines is 7. The van der Waals surface area contributed by atoms with Gasteiger partial charge in [0, 0.05) is 151 Å². The number of methoxy groups -OCH3 is 2. The average molecular weight is 1860 g/mol. The highest BCUT2D eigenvalue weighted by molar-refractivity contribution is 7.10. The molecule has 4 aliphatic heterocycles. The number of aliphatic hydroxyl groups is 2. The second-order valence-electron chi connectivity index (χ2n) is 32.7. The van der Waals surface area contributed by atoms with Crippen molar-refractivity contribution in [1.82, 2.24) is 117 Å². The Morgan fingerprint density at radius 2 is 0.744 bits per heavy atom. The van der Waals surface area contributed by atoms with E-state index in [4.69, 9.17) is 14.9 Å². The fraction of sp³-hybridized carbons (Fsp3) is 0.463. The number of hydrogen-bond donors (Lipinski definition) is 10. The minimum absolute atomic E-state index is 0. The normalized spacial score (nSPS) is 21.8. The van der Waals surface area contributed by atoms with Crippen molar-refractivity contribution in [3.63, 3.8) is 0 Å². The summed E-state index contributed by atoms with van der Waals surface area (Å²) >= 11 is 4.10. The van der Waals surface area contributed by atoms with Gasteiger partial charge >= 0.3 is 36.0 Å². The molecule has 4 aliphatic carbocycles. The predicted octanol–water partition coefficient (Wildman–Crippen LogP) is 9.26. The number of aromatic amines is 4. The molecule has 8 fully saturated rings. The quantitative estimate of drug-likeness (QED) is 0.0282. The number of benzene rings is 1. The molecular formula is C82H100ClN31O11S4. The smallest absolute Gasteiger partial charge is 0.377 e. The van der Waals surface area contributed by atoms with Crippen LogP contribution in [0.4, 0.5) is 53.0 Å². The maximum Gasteiger partial charge on any atom is 0.377 e. The van der Waals surface area contributed by atoms with E-state index in [-0.39, 0.29) is 69.2 Å². The molecule has 6 amide bonds. The first-order valence-corrected chi connectivity index (χ1v) is 44.8. The molecule has 12 aromatic heterocycles. The highest BCUT2D eigenvalue weighted by Crippen LogP contribution is 2.46. The Labute approximate surface area is 762 Å². The summed E-state index contributed by atoms with van der Waals surface area (Å²) in [5, 5.41) is 35.7. The van der Waals surface area contributed by atoms with Crippen molar-refractivity contribution in [3.8, 4) is 5.75 Å². The fourth-order valence-corrected chi connectivity index (χ4v) is 21.2. The molecule has 680 valence electrons. The highest BCUT2D eigenvalue weighted by Gasteiger charge is 2.48. The summed E-state index contributed by atoms with van der Waals surface area (Å²) in [4.78, 5) is 150. The molecule has 21 rings (SSSR count). The molecule has 129 heavy (non-hydrogen) atoms. The molecule has 0 radical (unpaired) electrons. The van der Waals surface area contributed by atoms with Crippen molar-refractivity contribution in [3.05, 3.63) is 133 Å². The van der Waals surface area contributed by atoms with Gasteiger partial charge in [-0.05, 0) is 160 Å². The summed E-state index contributed by atoms with van der Waals surface area (Å²) in [6.45, 7) is 6.32. The lowest BCUT2D eigenvalue weighted by atomic mass is 10.0. The third-order valence-corrected chi connectivity index (χ3v) is 28.0. The van der Waals surface area contributed by atoms with Crippen molar-refractivity contribution in [2.24, 2.45) is 47.3 Å². The molecule has 1 aromatic carbocycles. The molecule has 42 nitrogen and oxygen atoms in total. The number of likely N-dealkylation sites (tertiary alicyclic amines) is 3. The Morgan fingerprint density at radius 3 is 1.08 bits per heavy atom. The first-order chi connectivity index (χ1) is 61.8. The zero-order chi connectivity index (χ0) is 87.9. The van der Waals surface area contributed by atoms with Crippen molar-refractivity contribution < 1.29 is 53.2 Å². The van der Waals surface area contributed by atoms with E-state index in [1.807, 2.05) is 63.8 Å². The van der Waals surface area contributed by atoms with Crippen LogP contribution in [0, 0.1) is 47.3 Å². The Kier molecular flexibility index (Phi) is 28.9. The fourth-order valence-electron chi connectivity index (χ4n) is 18.9. The second-order valence-corrected chi connectivity index (χ2v) is 35.8. The molecule has 4 saturated heterocycles. The largest absolute Gasteiger partial charge is 0.463 e. The first-order valence-electron chi connectivity index (χ1n) is 41.7. The van der Waals surface area contributed by atoms with Crippen molar-refractivity contribution >= 4 is 177 Å². The molecule has 4 saturated carbocycles. The lowest BCUT2D eigenvalue weighted by molar-refractivity contribution is -0.133. The number of carbonyl (C=O) groups is 6. The topological polar surface area (TPSA) is 511 Å². The van der Waals surface area contributed by atoms with Crippen LogP contribution in [0.15, 0.2) is 105 Å². The number of nitrogens with one attached hydrogen (secondary N) is 8. The first kappa shape index (κ1) is 91.3. The number of rotatable bonds is 18. The van der Waals surface area contributed by atoms with Gasteiger partial charge in [0.1, 0.15) is 95.1 Å². The lowest BCUT2D eigenvalue weighted by Crippen LogP contribution is -2.36. The molecule has 0 spiro atoms. The standard InChI is InChI=1S/C19H22N8O3S.2C18H22N8O2S.C14H19N5.C12H10N2O4S.CH4.ClH/c1-26(16-13-3-4-20-14(13)21-9-22-16)12-5-10-7-27(8-11(10)6-12)19(29)24-18-23-15(25-31-18)17(28)30-2;2*1-25(16-13-2-3-19-15(13)20-9-21-16)12-4-10-6-26(7-11(10)5-12)18(28)23-17-22-14(8-27)24-29-17;1-19(11-4-9-6-15-7-10(9)5-11)14-12-2-3-16-13(12)17-8-18-14;1-17-12(16)11-13-9(19-14-11)7-10(15)18-8-5-3-2-4-6-8;;/h3-4,9-12H,5-8H2,1-2H3,(H,20,21,22)(H,23,24,25,29);2*2-3,9-12,27H,4-8H2,1H3,(H,19,20,21)(H,22,23,24,28);2-3,8-11,15H,4-7H2,1H3,(H,16,17,18);2-6H,7H2,1H3;1H4;1H/t3*10-,11+,12?;9-,10+,11?;;;. The number of aromatic nitrogens is 20. The zero-order valence-corrected chi connectivity index (χ0v) is 74.7. The van der Waals surface area contributed by atoms with Crippen molar-refractivity contribution in [2.75, 3.05) is 130 Å². The molecule has 13 aromatic rings. The van der Waals surface area contributed by atoms with E-state index in [9.17, 15) is 28.8 Å². The van der Waals surface area contributed by atoms with Crippen LogP contribution in [0.25, 0.3) is 44.1 Å². The van der Waals surface area contributed by atoms with E-state index in [0.717, 1.165) is 190 Å². The SMILES string of the molecule is C.CN(c1ncnc2[nH]ccc12)C1C[C@@H]2CN(C(=O)Nc3nc(CO)ns3)C[C@@H]2C1.CN(c1ncnc2[nH]ccc12)C1C[C@@H]2CN(C(=O)Nc3nc(CO)ns3)C[C@@H]2C1.CN(c1ncnc2[nH]ccc12)C1C[C@H]2CNC[C@H]2C1.COC(=O)c1nsc(CC(=O)Oc2ccccc2)n1.COC(=O)c1nsc(NC(=O)N2C[C@H]3CC(N(C)c4ncnc5[nH]ccc45)C[C@H]3C2)n1.Cl. The number of halogens is 1. The van der Waals surface area contributed by atoms with Gasteiger partial charge in [-0.25, -0.2) is 78.8 Å². The number of para-hydroxylation sites is 1. The van der Waals surface area contributed by atoms with Gasteiger partial charge in [0.15, 0.2) is 11.6 Å². The monoisotopic (exact) mass is 1860 g/mol. The van der Waals surface area contributed by atoms with Gasteiger partial charge < -0.3 is 84.0 Å². The third kappa shape index (κ3) is 20.5. The molecule has 8 aliphatic rings. The number of aliphatic hydroxyl groups excluding tert-OH is 2. The maximum absolute atomic E-state index is 12.7. The van der Waals surface area contributed by atoms with Crippen molar-refractivity contribution in [1.29, 1.82) is 0 Å². The van der Waals surface area contributed by atoms with Gasteiger partial charge in [-0.2, -0.15) is 22.5 Å². The average Bonchev–Trinajstić information content (AvgIpc) is 1.63. The van der Waals surface area contributed by atoms with Gasteiger partial charge in [-0.15, -0.1) is 12.4 Å². The van der Waals surface area contributed by atoms with Gasteiger partial charge in [0.05, 0.1) is 42.2 Å². The highest BCUT2D eigenvalue weighted by atomic mass is 35.5. The van der Waals surface area contributed by atoms with E-state index < -0.39 is 17.9 Å². The van der Waals surface area contributed by atoms with E-state index in [0.29, 0.717) is 111 Å². The number of amides is 6. The van der Waals surface area contributed by atoms with E-state index in [1.165, 1.54) is 40.2 Å².